The van der Waals surface area contributed by atoms with E-state index in [2.05, 4.69) is 42.3 Å². The van der Waals surface area contributed by atoms with E-state index in [1.54, 1.807) is 55.0 Å². The zero-order valence-corrected chi connectivity index (χ0v) is 42.1. The summed E-state index contributed by atoms with van der Waals surface area (Å²) in [5.74, 6) is -2.00. The van der Waals surface area contributed by atoms with Crippen LogP contribution in [-0.2, 0) is 19.2 Å². The number of benzene rings is 1. The molecular weight excluding hydrogens is 944 g/mol. The van der Waals surface area contributed by atoms with E-state index in [0.29, 0.717) is 16.8 Å². The number of hydrogen-bond acceptors (Lipinski definition) is 14. The Labute approximate surface area is 418 Å². The molecule has 17 nitrogen and oxygen atoms in total. The number of hydrogen-bond donors (Lipinski definition) is 4. The largest absolute Gasteiger partial charge is 0.391 e. The van der Waals surface area contributed by atoms with E-state index in [1.807, 2.05) is 56.4 Å². The number of nitriles is 1. The minimum absolute atomic E-state index is 0.0466. The van der Waals surface area contributed by atoms with E-state index in [1.165, 1.54) is 33.8 Å². The molecule has 4 N–H and O–H groups in total. The lowest BCUT2D eigenvalue weighted by Gasteiger charge is -2.36. The molecule has 370 valence electrons. The lowest BCUT2D eigenvalue weighted by Crippen LogP contribution is -2.59. The van der Waals surface area contributed by atoms with Crippen molar-refractivity contribution in [1.82, 2.24) is 50.2 Å². The second kappa shape index (κ2) is 19.8. The second-order valence-electron chi connectivity index (χ2n) is 20.0. The maximum Gasteiger partial charge on any atom is 0.258 e. The first kappa shape index (κ1) is 49.3. The van der Waals surface area contributed by atoms with Gasteiger partial charge in [-0.2, -0.15) is 10.4 Å². The first-order chi connectivity index (χ1) is 33.9. The van der Waals surface area contributed by atoms with Gasteiger partial charge in [-0.05, 0) is 86.3 Å². The van der Waals surface area contributed by atoms with Gasteiger partial charge in [-0.15, -0.1) is 21.5 Å². The first-order valence-electron chi connectivity index (χ1n) is 23.9. The quantitative estimate of drug-likeness (QED) is 0.0867. The van der Waals surface area contributed by atoms with Gasteiger partial charge in [0, 0.05) is 50.9 Å². The van der Waals surface area contributed by atoms with E-state index in [4.69, 9.17) is 4.98 Å². The van der Waals surface area contributed by atoms with Gasteiger partial charge in [-0.3, -0.25) is 24.2 Å². The van der Waals surface area contributed by atoms with E-state index in [0.717, 1.165) is 74.3 Å². The molecule has 3 aliphatic rings. The summed E-state index contributed by atoms with van der Waals surface area (Å²) in [5, 5.41) is 44.4. The number of aryl methyl sites for hydroxylation is 1. The maximum atomic E-state index is 14.8. The van der Waals surface area contributed by atoms with Gasteiger partial charge in [0.25, 0.3) is 5.91 Å². The van der Waals surface area contributed by atoms with Crippen LogP contribution >= 0.6 is 22.7 Å². The van der Waals surface area contributed by atoms with Gasteiger partial charge in [0.05, 0.1) is 68.9 Å². The molecule has 4 amide bonds. The maximum absolute atomic E-state index is 14.8. The van der Waals surface area contributed by atoms with Gasteiger partial charge < -0.3 is 30.9 Å². The molecule has 5 aromatic heterocycles. The molecule has 2 aliphatic carbocycles. The number of carbonyl (C=O) groups excluding carboxylic acids is 4. The zero-order chi connectivity index (χ0) is 50.4. The predicted molar refractivity (Wildman–Crippen MR) is 268 cm³/mol. The van der Waals surface area contributed by atoms with Gasteiger partial charge in [0.1, 0.15) is 23.2 Å². The van der Waals surface area contributed by atoms with Crippen molar-refractivity contribution in [2.24, 2.45) is 5.41 Å². The molecule has 20 heteroatoms. The monoisotopic (exact) mass is 1000 g/mol. The summed E-state index contributed by atoms with van der Waals surface area (Å²) in [6, 6.07) is 14.2. The van der Waals surface area contributed by atoms with E-state index in [9.17, 15) is 33.9 Å². The average molecular weight is 1000 g/mol. The highest BCUT2D eigenvalue weighted by atomic mass is 32.1. The molecule has 0 spiro atoms. The molecule has 0 unspecified atom stereocenters. The molecule has 3 fully saturated rings. The van der Waals surface area contributed by atoms with Gasteiger partial charge in [-0.25, -0.2) is 13.9 Å². The first-order valence-corrected chi connectivity index (χ1v) is 25.6. The van der Waals surface area contributed by atoms with E-state index < -0.39 is 53.0 Å². The molecule has 6 aromatic rings. The van der Waals surface area contributed by atoms with Crippen LogP contribution < -0.4 is 16.0 Å². The predicted octanol–water partition coefficient (Wildman–Crippen LogP) is 6.99. The normalized spacial score (nSPS) is 20.5. The Hall–Kier alpha value is -6.69. The average Bonchev–Trinajstić information content (AvgIpc) is 3.85. The molecule has 1 aromatic carbocycles. The number of nitrogens with zero attached hydrogens (tertiary/aromatic N) is 9. The van der Waals surface area contributed by atoms with Crippen LogP contribution in [0.2, 0.25) is 0 Å². The fourth-order valence-electron chi connectivity index (χ4n) is 9.65. The molecule has 0 radical (unpaired) electrons. The van der Waals surface area contributed by atoms with Crippen molar-refractivity contribution in [3.8, 4) is 38.5 Å². The summed E-state index contributed by atoms with van der Waals surface area (Å²) in [5.41, 5.74) is 5.88. The highest BCUT2D eigenvalue weighted by Gasteiger charge is 2.53. The van der Waals surface area contributed by atoms with Crippen molar-refractivity contribution in [3.63, 3.8) is 0 Å². The summed E-state index contributed by atoms with van der Waals surface area (Å²) >= 11 is 3.05. The Morgan fingerprint density at radius 3 is 2.42 bits per heavy atom. The summed E-state index contributed by atoms with van der Waals surface area (Å²) in [6.07, 6.45) is 5.42. The molecule has 2 saturated carbocycles. The molecule has 4 atom stereocenters. The number of anilines is 1. The van der Waals surface area contributed by atoms with Crippen molar-refractivity contribution in [3.05, 3.63) is 88.3 Å². The molecule has 0 bridgehead atoms. The van der Waals surface area contributed by atoms with Crippen LogP contribution in [0.1, 0.15) is 106 Å². The fourth-order valence-corrected chi connectivity index (χ4v) is 11.5. The van der Waals surface area contributed by atoms with E-state index in [-0.39, 0.29) is 50.1 Å². The number of amides is 4. The number of fused-ring (bicyclic) bond motifs is 1. The fraction of sp³-hybridized carbons (Fsp3) is 0.451. The number of carbonyl (C=O) groups is 4. The molecule has 9 rings (SSSR count). The molecule has 71 heavy (non-hydrogen) atoms. The smallest absolute Gasteiger partial charge is 0.258 e. The Morgan fingerprint density at radius 2 is 1.76 bits per heavy atom. The standard InChI is InChI=1S/C51H57FN12O5S2/c1-28-43(70-27-56-28)31-9-7-30(8-10-31)37(58-45(67)41-20-35(65)26-63(41)48(68)44(50(2,3)4)59-49(69)51(52)17-18-51)22-42(66)62(6)33-13-11-32(12-14-33)46-60-61-47(71-46)36-25-55-39(21-38(36)54-5)40-16-15-34-19-29(23-53)24-57-64(34)40/h7-10,15-16,19,21,24-25,27,32-33,35,37,41,44,65H,11-14,17-18,20,22,26H2,1-6H3,(H,54,55)(H,58,67)(H,59,69)/t32-,33-,35-,37+,41+,44-/m1/s1. The Morgan fingerprint density at radius 1 is 1.01 bits per heavy atom. The highest BCUT2D eigenvalue weighted by Crippen LogP contribution is 2.42. The Kier molecular flexibility index (Phi) is 13.8. The number of β-amino-alcohol motifs (C(OH)–C–C–N with tert-alkyl or cyclic N) is 1. The third kappa shape index (κ3) is 10.3. The van der Waals surface area contributed by atoms with Crippen molar-refractivity contribution in [1.29, 1.82) is 5.26 Å². The van der Waals surface area contributed by atoms with Crippen LogP contribution in [0.4, 0.5) is 10.1 Å². The number of aliphatic hydroxyl groups excluding tert-OH is 1. The number of nitrogens with one attached hydrogen (secondary N) is 3. The number of rotatable bonds is 14. The second-order valence-corrected chi connectivity index (χ2v) is 21.9. The summed E-state index contributed by atoms with van der Waals surface area (Å²) in [6.45, 7) is 7.05. The number of thiazole rings is 1. The van der Waals surface area contributed by atoms with Crippen molar-refractivity contribution in [2.45, 2.75) is 121 Å². The van der Waals surface area contributed by atoms with Crippen LogP contribution in [0.5, 0.6) is 0 Å². The third-order valence-electron chi connectivity index (χ3n) is 14.1. The Bertz CT molecular complexity index is 3020. The van der Waals surface area contributed by atoms with Crippen LogP contribution in [0, 0.1) is 23.7 Å². The number of aliphatic hydroxyl groups is 1. The minimum Gasteiger partial charge on any atom is -0.391 e. The van der Waals surface area contributed by atoms with Gasteiger partial charge in [-0.1, -0.05) is 56.4 Å². The van der Waals surface area contributed by atoms with Crippen molar-refractivity contribution in [2.75, 3.05) is 26.0 Å². The summed E-state index contributed by atoms with van der Waals surface area (Å²) in [4.78, 5) is 69.0. The topological polar surface area (TPSA) is 224 Å². The summed E-state index contributed by atoms with van der Waals surface area (Å²) in [7, 11) is 3.65. The summed E-state index contributed by atoms with van der Waals surface area (Å²) < 4.78 is 16.6. The lowest BCUT2D eigenvalue weighted by molar-refractivity contribution is -0.145. The van der Waals surface area contributed by atoms with Gasteiger partial charge in [0.2, 0.25) is 17.7 Å². The Balaban J connectivity index is 0.875. The minimum atomic E-state index is -2.01. The highest BCUT2D eigenvalue weighted by molar-refractivity contribution is 7.14. The molecule has 6 heterocycles. The van der Waals surface area contributed by atoms with Crippen LogP contribution in [-0.4, -0.2) is 119 Å². The zero-order valence-electron chi connectivity index (χ0n) is 40.5. The number of alkyl halides is 1. The van der Waals surface area contributed by atoms with Crippen LogP contribution in [0.15, 0.2) is 66.4 Å². The molecule has 1 saturated heterocycles. The van der Waals surface area contributed by atoms with Gasteiger partial charge >= 0.3 is 0 Å². The van der Waals surface area contributed by atoms with Crippen LogP contribution in [0.25, 0.3) is 37.9 Å². The van der Waals surface area contributed by atoms with Crippen molar-refractivity contribution >= 4 is 57.5 Å². The molecule has 1 aliphatic heterocycles. The number of aromatic nitrogens is 6. The van der Waals surface area contributed by atoms with Crippen molar-refractivity contribution < 1.29 is 28.7 Å². The van der Waals surface area contributed by atoms with Crippen LogP contribution in [0.3, 0.4) is 0 Å². The number of pyridine rings is 1. The third-order valence-corrected chi connectivity index (χ3v) is 16.2. The van der Waals surface area contributed by atoms with Gasteiger partial charge in [0.15, 0.2) is 10.7 Å². The SMILES string of the molecule is CNc1cc(-c2ccc3cc(C#N)cnn23)ncc1-c1nnc([C@H]2CC[C@H](N(C)C(=O)C[C@H](NC(=O)[C@@H]3C[C@@H](O)CN3C(=O)[C@@H](NC(=O)C3(F)CC3)C(C)(C)C)c3ccc(-c4scnc4C)cc3)CC2)s1. The molecular formula is C51H57FN12O5S2. The number of likely N-dealkylation sites (tertiary alicyclic amines) is 1. The lowest BCUT2D eigenvalue weighted by atomic mass is 9.85. The number of halogens is 1. The van der Waals surface area contributed by atoms with E-state index >= 15 is 0 Å².